The fourth-order valence-corrected chi connectivity index (χ4v) is 5.45. The molecule has 0 saturated carbocycles. The van der Waals surface area contributed by atoms with E-state index in [1.165, 1.54) is 39.5 Å². The number of carbonyl (C=O) groups excluding carboxylic acids is 1. The number of rotatable bonds is 3. The van der Waals surface area contributed by atoms with Crippen molar-refractivity contribution in [2.24, 2.45) is 0 Å². The van der Waals surface area contributed by atoms with Crippen LogP contribution in [0.1, 0.15) is 22.3 Å². The summed E-state index contributed by atoms with van der Waals surface area (Å²) in [5, 5.41) is 0. The molecule has 2 aromatic carbocycles. The number of sulfonamides is 1. The molecule has 1 amide bonds. The number of likely N-dealkylation sites (N-methyl/N-ethyl adjacent to an activating group) is 1. The van der Waals surface area contributed by atoms with Gasteiger partial charge in [-0.2, -0.15) is 4.31 Å². The van der Waals surface area contributed by atoms with Crippen molar-refractivity contribution < 1.29 is 22.0 Å². The first-order valence-electron chi connectivity index (χ1n) is 9.86. The zero-order valence-corrected chi connectivity index (χ0v) is 17.5. The summed E-state index contributed by atoms with van der Waals surface area (Å²) in [6, 6.07) is 7.84. The van der Waals surface area contributed by atoms with Crippen LogP contribution in [-0.4, -0.2) is 63.3 Å². The van der Waals surface area contributed by atoms with E-state index in [0.29, 0.717) is 44.6 Å². The van der Waals surface area contributed by atoms with Gasteiger partial charge < -0.3 is 9.80 Å². The molecule has 9 heteroatoms. The highest BCUT2D eigenvalue weighted by molar-refractivity contribution is 7.89. The number of amides is 1. The molecule has 160 valence electrons. The van der Waals surface area contributed by atoms with Crippen LogP contribution in [-0.2, 0) is 16.4 Å². The molecule has 0 radical (unpaired) electrons. The second kappa shape index (κ2) is 8.05. The number of nitrogens with zero attached hydrogens (tertiary/aromatic N) is 3. The molecule has 0 aliphatic carbocycles. The lowest BCUT2D eigenvalue weighted by Crippen LogP contribution is -2.47. The lowest BCUT2D eigenvalue weighted by molar-refractivity contribution is 0.0984. The van der Waals surface area contributed by atoms with Gasteiger partial charge in [0.25, 0.3) is 5.91 Å². The van der Waals surface area contributed by atoms with Crippen molar-refractivity contribution in [3.8, 4) is 0 Å². The number of carbonyl (C=O) groups is 1. The number of hydrogen-bond donors (Lipinski definition) is 0. The molecule has 0 unspecified atom stereocenters. The molecule has 0 spiro atoms. The maximum absolute atomic E-state index is 14.5. The maximum atomic E-state index is 14.5. The molecule has 0 bridgehead atoms. The van der Waals surface area contributed by atoms with Gasteiger partial charge in [-0.25, -0.2) is 17.2 Å². The van der Waals surface area contributed by atoms with E-state index in [2.05, 4.69) is 4.90 Å². The highest BCUT2D eigenvalue weighted by atomic mass is 32.2. The van der Waals surface area contributed by atoms with Crippen LogP contribution >= 0.6 is 0 Å². The van der Waals surface area contributed by atoms with Gasteiger partial charge in [0.05, 0.1) is 10.6 Å². The number of fused-ring (bicyclic) bond motifs is 1. The Hall–Kier alpha value is -2.36. The summed E-state index contributed by atoms with van der Waals surface area (Å²) in [7, 11) is -1.80. The highest BCUT2D eigenvalue weighted by Gasteiger charge is 2.30. The van der Waals surface area contributed by atoms with Gasteiger partial charge in [-0.3, -0.25) is 4.79 Å². The summed E-state index contributed by atoms with van der Waals surface area (Å²) in [6.07, 6.45) is 1.05. The van der Waals surface area contributed by atoms with Gasteiger partial charge in [0.1, 0.15) is 11.6 Å². The fraction of sp³-hybridized carbons (Fsp3) is 0.381. The Balaban J connectivity index is 1.65. The fourth-order valence-electron chi connectivity index (χ4n) is 3.98. The number of hydrogen-bond acceptors (Lipinski definition) is 4. The van der Waals surface area contributed by atoms with Gasteiger partial charge in [0, 0.05) is 44.4 Å². The van der Waals surface area contributed by atoms with Gasteiger partial charge in [0.15, 0.2) is 0 Å². The third-order valence-corrected chi connectivity index (χ3v) is 7.53. The predicted octanol–water partition coefficient (Wildman–Crippen LogP) is 2.49. The van der Waals surface area contributed by atoms with Crippen molar-refractivity contribution in [3.63, 3.8) is 0 Å². The summed E-state index contributed by atoms with van der Waals surface area (Å²) < 4.78 is 55.5. The molecule has 2 heterocycles. The zero-order chi connectivity index (χ0) is 21.5. The molecule has 30 heavy (non-hydrogen) atoms. The van der Waals surface area contributed by atoms with Crippen LogP contribution in [0.4, 0.5) is 14.5 Å². The molecule has 0 aromatic heterocycles. The first-order valence-corrected chi connectivity index (χ1v) is 11.3. The summed E-state index contributed by atoms with van der Waals surface area (Å²) in [5.41, 5.74) is 0.662. The smallest absolute Gasteiger partial charge is 0.258 e. The third kappa shape index (κ3) is 3.84. The van der Waals surface area contributed by atoms with E-state index in [1.807, 2.05) is 7.05 Å². The van der Waals surface area contributed by atoms with Gasteiger partial charge in [-0.05, 0) is 49.7 Å². The highest BCUT2D eigenvalue weighted by Crippen LogP contribution is 2.32. The minimum atomic E-state index is -3.73. The normalized spacial score (nSPS) is 18.3. The monoisotopic (exact) mass is 435 g/mol. The summed E-state index contributed by atoms with van der Waals surface area (Å²) in [4.78, 5) is 16.5. The van der Waals surface area contributed by atoms with E-state index in [-0.39, 0.29) is 22.7 Å². The molecule has 2 aromatic rings. The van der Waals surface area contributed by atoms with Gasteiger partial charge in [0.2, 0.25) is 10.0 Å². The first-order chi connectivity index (χ1) is 14.3. The minimum Gasteiger partial charge on any atom is -0.305 e. The van der Waals surface area contributed by atoms with Crippen LogP contribution in [0.2, 0.25) is 0 Å². The Morgan fingerprint density at radius 1 is 1.00 bits per heavy atom. The Kier molecular flexibility index (Phi) is 5.61. The largest absolute Gasteiger partial charge is 0.305 e. The molecule has 2 aliphatic rings. The van der Waals surface area contributed by atoms with Crippen LogP contribution in [0.15, 0.2) is 41.3 Å². The van der Waals surface area contributed by atoms with Crippen LogP contribution < -0.4 is 4.90 Å². The molecule has 2 aliphatic heterocycles. The third-order valence-electron chi connectivity index (χ3n) is 5.63. The summed E-state index contributed by atoms with van der Waals surface area (Å²) in [6.45, 7) is 2.32. The van der Waals surface area contributed by atoms with E-state index >= 15 is 0 Å². The standard InChI is InChI=1S/C21H23F2N3O3S/c1-24-8-10-25(11-9-24)30(28,29)18-6-2-4-16(13-18)21(27)26-7-3-5-15-12-17(22)14-19(23)20(15)26/h2,4,6,12-14H,3,5,7-11H2,1H3. The number of benzene rings is 2. The maximum Gasteiger partial charge on any atom is 0.258 e. The number of aryl methyl sites for hydroxylation is 1. The zero-order valence-electron chi connectivity index (χ0n) is 16.6. The lowest BCUT2D eigenvalue weighted by Gasteiger charge is -2.32. The molecule has 4 rings (SSSR count). The molecule has 1 saturated heterocycles. The topological polar surface area (TPSA) is 60.9 Å². The second-order valence-corrected chi connectivity index (χ2v) is 9.63. The second-order valence-electron chi connectivity index (χ2n) is 7.69. The van der Waals surface area contributed by atoms with Gasteiger partial charge in [-0.1, -0.05) is 6.07 Å². The van der Waals surface area contributed by atoms with Crippen molar-refractivity contribution >= 4 is 21.6 Å². The van der Waals surface area contributed by atoms with E-state index in [0.717, 1.165) is 6.07 Å². The minimum absolute atomic E-state index is 0.0368. The molecule has 0 N–H and O–H groups in total. The van der Waals surface area contributed by atoms with Gasteiger partial charge in [-0.15, -0.1) is 0 Å². The predicted molar refractivity (Wildman–Crippen MR) is 109 cm³/mol. The average molecular weight is 435 g/mol. The van der Waals surface area contributed by atoms with Crippen LogP contribution in [0, 0.1) is 11.6 Å². The lowest BCUT2D eigenvalue weighted by atomic mass is 10.00. The number of halogens is 2. The van der Waals surface area contributed by atoms with Crippen molar-refractivity contribution in [1.29, 1.82) is 0 Å². The van der Waals surface area contributed by atoms with E-state index in [4.69, 9.17) is 0 Å². The van der Waals surface area contributed by atoms with E-state index in [9.17, 15) is 22.0 Å². The SMILES string of the molecule is CN1CCN(S(=O)(=O)c2cccc(C(=O)N3CCCc4cc(F)cc(F)c43)c2)CC1. The Morgan fingerprint density at radius 2 is 1.73 bits per heavy atom. The van der Waals surface area contributed by atoms with Crippen LogP contribution in [0.25, 0.3) is 0 Å². The van der Waals surface area contributed by atoms with E-state index < -0.39 is 27.6 Å². The average Bonchev–Trinajstić information content (AvgIpc) is 2.73. The van der Waals surface area contributed by atoms with E-state index in [1.54, 1.807) is 0 Å². The molecule has 0 atom stereocenters. The number of anilines is 1. The Labute approximate surface area is 174 Å². The Bertz CT molecular complexity index is 1080. The van der Waals surface area contributed by atoms with Crippen molar-refractivity contribution in [2.45, 2.75) is 17.7 Å². The van der Waals surface area contributed by atoms with Crippen molar-refractivity contribution in [2.75, 3.05) is 44.7 Å². The molecule has 6 nitrogen and oxygen atoms in total. The van der Waals surface area contributed by atoms with Crippen LogP contribution in [0.3, 0.4) is 0 Å². The van der Waals surface area contributed by atoms with Crippen molar-refractivity contribution in [3.05, 3.63) is 59.2 Å². The number of piperazine rings is 1. The van der Waals surface area contributed by atoms with Gasteiger partial charge >= 0.3 is 0 Å². The quantitative estimate of drug-likeness (QED) is 0.743. The summed E-state index contributed by atoms with van der Waals surface area (Å²) in [5.74, 6) is -1.98. The van der Waals surface area contributed by atoms with Crippen molar-refractivity contribution in [1.82, 2.24) is 9.21 Å². The van der Waals surface area contributed by atoms with Crippen LogP contribution in [0.5, 0.6) is 0 Å². The molecule has 1 fully saturated rings. The first kappa shape index (κ1) is 20.9. The molecular weight excluding hydrogens is 412 g/mol. The molecular formula is C21H23F2N3O3S. The summed E-state index contributed by atoms with van der Waals surface area (Å²) >= 11 is 0. The Morgan fingerprint density at radius 3 is 2.47 bits per heavy atom.